The molecule has 2 rings (SSSR count). The fraction of sp³-hybridized carbons (Fsp3) is 1.00. The lowest BCUT2D eigenvalue weighted by Crippen LogP contribution is -2.58. The lowest BCUT2D eigenvalue weighted by molar-refractivity contribution is 0.154. The number of hydrogen-bond donors (Lipinski definition) is 1. The fourth-order valence-corrected chi connectivity index (χ4v) is 3.00. The first kappa shape index (κ1) is 7.90. The standard InChI is InChI=1S/C8H16N2S/c1-7-5-10-2-3-11-6-8(10)4-9-7/h7-9H,2-6H2,1H3/t7-,8?/m1/s1. The Bertz CT molecular complexity index is 140. The third kappa shape index (κ3) is 1.71. The summed E-state index contributed by atoms with van der Waals surface area (Å²) < 4.78 is 0. The van der Waals surface area contributed by atoms with Crippen LogP contribution in [-0.2, 0) is 0 Å². The molecule has 0 radical (unpaired) electrons. The average Bonchev–Trinajstić information content (AvgIpc) is 2.04. The van der Waals surface area contributed by atoms with Gasteiger partial charge in [0, 0.05) is 43.2 Å². The molecule has 0 aliphatic carbocycles. The van der Waals surface area contributed by atoms with Crippen molar-refractivity contribution in [3.8, 4) is 0 Å². The zero-order valence-corrected chi connectivity index (χ0v) is 7.86. The first-order chi connectivity index (χ1) is 5.36. The van der Waals surface area contributed by atoms with E-state index in [-0.39, 0.29) is 0 Å². The van der Waals surface area contributed by atoms with Crippen molar-refractivity contribution in [1.29, 1.82) is 0 Å². The van der Waals surface area contributed by atoms with E-state index in [4.69, 9.17) is 0 Å². The topological polar surface area (TPSA) is 15.3 Å². The van der Waals surface area contributed by atoms with Gasteiger partial charge in [0.2, 0.25) is 0 Å². The number of fused-ring (bicyclic) bond motifs is 1. The molecule has 0 bridgehead atoms. The monoisotopic (exact) mass is 172 g/mol. The zero-order chi connectivity index (χ0) is 7.68. The molecule has 0 aromatic rings. The molecule has 0 aromatic carbocycles. The van der Waals surface area contributed by atoms with Crippen LogP contribution in [-0.4, -0.2) is 48.1 Å². The molecule has 1 N–H and O–H groups in total. The Balaban J connectivity index is 1.93. The highest BCUT2D eigenvalue weighted by Gasteiger charge is 2.27. The highest BCUT2D eigenvalue weighted by Crippen LogP contribution is 2.18. The van der Waals surface area contributed by atoms with Crippen LogP contribution < -0.4 is 5.32 Å². The minimum Gasteiger partial charge on any atom is -0.311 e. The van der Waals surface area contributed by atoms with E-state index in [0.717, 1.165) is 6.04 Å². The lowest BCUT2D eigenvalue weighted by Gasteiger charge is -2.41. The maximum absolute atomic E-state index is 3.53. The van der Waals surface area contributed by atoms with Crippen molar-refractivity contribution in [3.05, 3.63) is 0 Å². The van der Waals surface area contributed by atoms with Gasteiger partial charge in [-0.25, -0.2) is 0 Å². The predicted molar refractivity (Wildman–Crippen MR) is 50.2 cm³/mol. The Morgan fingerprint density at radius 1 is 1.55 bits per heavy atom. The summed E-state index contributed by atoms with van der Waals surface area (Å²) in [6.07, 6.45) is 0. The van der Waals surface area contributed by atoms with Crippen molar-refractivity contribution >= 4 is 11.8 Å². The highest BCUT2D eigenvalue weighted by molar-refractivity contribution is 7.99. The SMILES string of the molecule is C[C@@H]1CN2CCSCC2CN1. The maximum atomic E-state index is 3.53. The summed E-state index contributed by atoms with van der Waals surface area (Å²) in [5, 5.41) is 3.53. The van der Waals surface area contributed by atoms with Crippen LogP contribution in [0.2, 0.25) is 0 Å². The van der Waals surface area contributed by atoms with Gasteiger partial charge in [0.25, 0.3) is 0 Å². The van der Waals surface area contributed by atoms with E-state index < -0.39 is 0 Å². The fourth-order valence-electron chi connectivity index (χ4n) is 1.87. The van der Waals surface area contributed by atoms with Crippen molar-refractivity contribution < 1.29 is 0 Å². The quantitative estimate of drug-likeness (QED) is 0.569. The third-order valence-electron chi connectivity index (χ3n) is 2.56. The molecule has 3 heteroatoms. The van der Waals surface area contributed by atoms with Crippen molar-refractivity contribution in [2.45, 2.75) is 19.0 Å². The van der Waals surface area contributed by atoms with Crippen LogP contribution in [0.5, 0.6) is 0 Å². The van der Waals surface area contributed by atoms with Crippen LogP contribution in [0.25, 0.3) is 0 Å². The Hall–Kier alpha value is 0.270. The van der Waals surface area contributed by atoms with Gasteiger partial charge in [-0.2, -0.15) is 11.8 Å². The predicted octanol–water partition coefficient (Wildman–Crippen LogP) is 0.396. The lowest BCUT2D eigenvalue weighted by atomic mass is 10.1. The molecule has 2 aliphatic rings. The van der Waals surface area contributed by atoms with E-state index in [9.17, 15) is 0 Å². The second-order valence-corrected chi connectivity index (χ2v) is 4.68. The normalized spacial score (nSPS) is 40.1. The van der Waals surface area contributed by atoms with Crippen LogP contribution in [0.1, 0.15) is 6.92 Å². The largest absolute Gasteiger partial charge is 0.311 e. The maximum Gasteiger partial charge on any atom is 0.0312 e. The van der Waals surface area contributed by atoms with Gasteiger partial charge in [-0.3, -0.25) is 4.90 Å². The van der Waals surface area contributed by atoms with E-state index in [1.54, 1.807) is 0 Å². The summed E-state index contributed by atoms with van der Waals surface area (Å²) in [6, 6.07) is 1.53. The molecular formula is C8H16N2S. The second-order valence-electron chi connectivity index (χ2n) is 3.53. The first-order valence-corrected chi connectivity index (χ1v) is 5.57. The number of piperazine rings is 1. The summed E-state index contributed by atoms with van der Waals surface area (Å²) in [4.78, 5) is 2.64. The van der Waals surface area contributed by atoms with Gasteiger partial charge >= 0.3 is 0 Å². The Morgan fingerprint density at radius 2 is 2.45 bits per heavy atom. The van der Waals surface area contributed by atoms with Gasteiger partial charge < -0.3 is 5.32 Å². The molecular weight excluding hydrogens is 156 g/mol. The van der Waals surface area contributed by atoms with E-state index >= 15 is 0 Å². The Labute approximate surface area is 72.7 Å². The van der Waals surface area contributed by atoms with Crippen LogP contribution in [0.3, 0.4) is 0 Å². The van der Waals surface area contributed by atoms with Crippen LogP contribution in [0.4, 0.5) is 0 Å². The molecule has 0 spiro atoms. The second kappa shape index (κ2) is 3.33. The molecule has 2 heterocycles. The molecule has 0 aromatic heterocycles. The van der Waals surface area contributed by atoms with E-state index in [2.05, 4.69) is 28.9 Å². The summed E-state index contributed by atoms with van der Waals surface area (Å²) in [5.41, 5.74) is 0. The summed E-state index contributed by atoms with van der Waals surface area (Å²) in [6.45, 7) is 6.04. The number of hydrogen-bond acceptors (Lipinski definition) is 3. The van der Waals surface area contributed by atoms with E-state index in [0.29, 0.717) is 6.04 Å². The smallest absolute Gasteiger partial charge is 0.0312 e. The van der Waals surface area contributed by atoms with Crippen LogP contribution >= 0.6 is 11.8 Å². The van der Waals surface area contributed by atoms with Crippen molar-refractivity contribution in [2.24, 2.45) is 0 Å². The van der Waals surface area contributed by atoms with Crippen molar-refractivity contribution in [1.82, 2.24) is 10.2 Å². The molecule has 2 saturated heterocycles. The Kier molecular flexibility index (Phi) is 2.39. The Morgan fingerprint density at radius 3 is 3.36 bits per heavy atom. The average molecular weight is 172 g/mol. The molecule has 64 valence electrons. The van der Waals surface area contributed by atoms with Gasteiger partial charge in [0.15, 0.2) is 0 Å². The molecule has 2 atom stereocenters. The van der Waals surface area contributed by atoms with Crippen molar-refractivity contribution in [3.63, 3.8) is 0 Å². The molecule has 2 aliphatic heterocycles. The van der Waals surface area contributed by atoms with Gasteiger partial charge in [-0.05, 0) is 6.92 Å². The molecule has 2 nitrogen and oxygen atoms in total. The number of thioether (sulfide) groups is 1. The molecule has 0 amide bonds. The summed E-state index contributed by atoms with van der Waals surface area (Å²) in [5.74, 6) is 2.67. The van der Waals surface area contributed by atoms with E-state index in [1.165, 1.54) is 31.1 Å². The highest BCUT2D eigenvalue weighted by atomic mass is 32.2. The molecule has 0 saturated carbocycles. The van der Waals surface area contributed by atoms with Gasteiger partial charge in [-0.1, -0.05) is 0 Å². The summed E-state index contributed by atoms with van der Waals surface area (Å²) >= 11 is 2.10. The molecule has 2 fully saturated rings. The number of nitrogens with one attached hydrogen (secondary N) is 1. The van der Waals surface area contributed by atoms with Gasteiger partial charge in [0.05, 0.1) is 0 Å². The van der Waals surface area contributed by atoms with Crippen molar-refractivity contribution in [2.75, 3.05) is 31.1 Å². The van der Waals surface area contributed by atoms with Gasteiger partial charge in [0.1, 0.15) is 0 Å². The molecule has 1 unspecified atom stereocenters. The minimum atomic E-state index is 0.703. The van der Waals surface area contributed by atoms with Gasteiger partial charge in [-0.15, -0.1) is 0 Å². The van der Waals surface area contributed by atoms with E-state index in [1.807, 2.05) is 0 Å². The van der Waals surface area contributed by atoms with Crippen LogP contribution in [0, 0.1) is 0 Å². The minimum absolute atomic E-state index is 0.703. The van der Waals surface area contributed by atoms with Crippen LogP contribution in [0.15, 0.2) is 0 Å². The summed E-state index contributed by atoms with van der Waals surface area (Å²) in [7, 11) is 0. The zero-order valence-electron chi connectivity index (χ0n) is 7.05. The number of nitrogens with zero attached hydrogens (tertiary/aromatic N) is 1. The third-order valence-corrected chi connectivity index (χ3v) is 3.65. The first-order valence-electron chi connectivity index (χ1n) is 4.41. The number of rotatable bonds is 0. The molecule has 11 heavy (non-hydrogen) atoms.